The minimum Gasteiger partial charge on any atom is -0.307 e. The van der Waals surface area contributed by atoms with Gasteiger partial charge in [-0.3, -0.25) is 4.79 Å². The lowest BCUT2D eigenvalue weighted by Gasteiger charge is -2.05. The maximum absolute atomic E-state index is 11.2. The van der Waals surface area contributed by atoms with E-state index in [1.807, 2.05) is 13.8 Å². The number of aromatic nitrogens is 2. The van der Waals surface area contributed by atoms with Crippen LogP contribution in [0.15, 0.2) is 0 Å². The summed E-state index contributed by atoms with van der Waals surface area (Å²) in [6.45, 7) is 3.94. The van der Waals surface area contributed by atoms with E-state index in [4.69, 9.17) is 12.2 Å². The Morgan fingerprint density at radius 1 is 1.44 bits per heavy atom. The highest BCUT2D eigenvalue weighted by molar-refractivity contribution is 7.80. The van der Waals surface area contributed by atoms with E-state index < -0.39 is 0 Å². The SMILES string of the molecule is CCCC(=O)NC(=S)Nc1nnc(CC)s1. The zero-order valence-corrected chi connectivity index (χ0v) is 10.9. The molecule has 2 N–H and O–H groups in total. The molecule has 0 aliphatic carbocycles. The number of hydrogen-bond donors (Lipinski definition) is 2. The van der Waals surface area contributed by atoms with Crippen molar-refractivity contribution in [3.8, 4) is 0 Å². The van der Waals surface area contributed by atoms with Crippen molar-refractivity contribution in [1.82, 2.24) is 15.5 Å². The summed E-state index contributed by atoms with van der Waals surface area (Å²) < 4.78 is 0. The minimum atomic E-state index is -0.0831. The second-order valence-corrected chi connectivity index (χ2v) is 4.58. The summed E-state index contributed by atoms with van der Waals surface area (Å²) in [7, 11) is 0. The molecule has 5 nitrogen and oxygen atoms in total. The zero-order valence-electron chi connectivity index (χ0n) is 9.24. The third-order valence-electron chi connectivity index (χ3n) is 1.72. The number of carbonyl (C=O) groups excluding carboxylic acids is 1. The van der Waals surface area contributed by atoms with Crippen LogP contribution in [-0.2, 0) is 11.2 Å². The molecule has 0 aliphatic rings. The Labute approximate surface area is 104 Å². The van der Waals surface area contributed by atoms with Gasteiger partial charge in [-0.1, -0.05) is 25.2 Å². The number of anilines is 1. The highest BCUT2D eigenvalue weighted by Crippen LogP contribution is 2.14. The lowest BCUT2D eigenvalue weighted by atomic mass is 10.3. The quantitative estimate of drug-likeness (QED) is 0.805. The number of nitrogens with one attached hydrogen (secondary N) is 2. The number of rotatable bonds is 4. The van der Waals surface area contributed by atoms with Crippen molar-refractivity contribution in [3.63, 3.8) is 0 Å². The fourth-order valence-electron chi connectivity index (χ4n) is 0.992. The zero-order chi connectivity index (χ0) is 12.0. The van der Waals surface area contributed by atoms with Crippen LogP contribution < -0.4 is 10.6 Å². The van der Waals surface area contributed by atoms with Crippen molar-refractivity contribution in [2.45, 2.75) is 33.1 Å². The first-order chi connectivity index (χ1) is 7.65. The van der Waals surface area contributed by atoms with E-state index in [1.165, 1.54) is 11.3 Å². The molecule has 0 aliphatic heterocycles. The molecule has 7 heteroatoms. The molecule has 1 amide bonds. The number of carbonyl (C=O) groups is 1. The molecule has 0 bridgehead atoms. The molecule has 1 rings (SSSR count). The van der Waals surface area contributed by atoms with E-state index in [2.05, 4.69) is 20.8 Å². The summed E-state index contributed by atoms with van der Waals surface area (Å²) in [5.74, 6) is -0.0831. The van der Waals surface area contributed by atoms with Crippen LogP contribution in [0.5, 0.6) is 0 Å². The molecule has 0 fully saturated rings. The molecule has 1 heterocycles. The molecule has 16 heavy (non-hydrogen) atoms. The normalized spacial score (nSPS) is 9.88. The van der Waals surface area contributed by atoms with Gasteiger partial charge in [0.1, 0.15) is 5.01 Å². The lowest BCUT2D eigenvalue weighted by Crippen LogP contribution is -2.33. The Morgan fingerprint density at radius 2 is 2.19 bits per heavy atom. The highest BCUT2D eigenvalue weighted by Gasteiger charge is 2.06. The Balaban J connectivity index is 2.42. The number of aryl methyl sites for hydroxylation is 1. The maximum Gasteiger partial charge on any atom is 0.226 e. The molecule has 0 saturated carbocycles. The number of thiocarbonyl (C=S) groups is 1. The van der Waals surface area contributed by atoms with Crippen molar-refractivity contribution in [2.75, 3.05) is 5.32 Å². The van der Waals surface area contributed by atoms with Gasteiger partial charge in [0.2, 0.25) is 11.0 Å². The van der Waals surface area contributed by atoms with Crippen molar-refractivity contribution >= 4 is 39.7 Å². The van der Waals surface area contributed by atoms with Crippen LogP contribution in [0.1, 0.15) is 31.7 Å². The summed E-state index contributed by atoms with van der Waals surface area (Å²) in [6.07, 6.45) is 2.11. The number of hydrogen-bond acceptors (Lipinski definition) is 5. The molecule has 0 saturated heterocycles. The first-order valence-electron chi connectivity index (χ1n) is 5.09. The highest BCUT2D eigenvalue weighted by atomic mass is 32.1. The van der Waals surface area contributed by atoms with Gasteiger partial charge in [0.25, 0.3) is 0 Å². The molecular formula is C9H14N4OS2. The molecule has 1 aromatic heterocycles. The van der Waals surface area contributed by atoms with Crippen LogP contribution in [0.3, 0.4) is 0 Å². The Morgan fingerprint density at radius 3 is 2.75 bits per heavy atom. The van der Waals surface area contributed by atoms with Gasteiger partial charge >= 0.3 is 0 Å². The van der Waals surface area contributed by atoms with E-state index in [9.17, 15) is 4.79 Å². The molecule has 0 aromatic carbocycles. The summed E-state index contributed by atoms with van der Waals surface area (Å²) >= 11 is 6.40. The van der Waals surface area contributed by atoms with Gasteiger partial charge in [0.05, 0.1) is 0 Å². The predicted octanol–water partition coefficient (Wildman–Crippen LogP) is 1.71. The fourth-order valence-corrected chi connectivity index (χ4v) is 1.95. The average molecular weight is 258 g/mol. The monoisotopic (exact) mass is 258 g/mol. The van der Waals surface area contributed by atoms with Crippen LogP contribution in [0, 0.1) is 0 Å². The minimum absolute atomic E-state index is 0.0831. The van der Waals surface area contributed by atoms with E-state index in [0.29, 0.717) is 11.6 Å². The first kappa shape index (κ1) is 13.0. The smallest absolute Gasteiger partial charge is 0.226 e. The summed E-state index contributed by atoms with van der Waals surface area (Å²) in [6, 6.07) is 0. The number of nitrogens with zero attached hydrogens (tertiary/aromatic N) is 2. The molecule has 0 radical (unpaired) electrons. The molecular weight excluding hydrogens is 244 g/mol. The average Bonchev–Trinajstić information content (AvgIpc) is 2.65. The standard InChI is InChI=1S/C9H14N4OS2/c1-3-5-6(14)10-8(15)11-9-13-12-7(4-2)16-9/h3-5H2,1-2H3,(H2,10,11,13,14,15). The number of amides is 1. The summed E-state index contributed by atoms with van der Waals surface area (Å²) in [5, 5.41) is 15.1. The van der Waals surface area contributed by atoms with E-state index in [1.54, 1.807) is 0 Å². The van der Waals surface area contributed by atoms with Gasteiger partial charge in [0, 0.05) is 6.42 Å². The third-order valence-corrected chi connectivity index (χ3v) is 2.91. The first-order valence-corrected chi connectivity index (χ1v) is 6.31. The van der Waals surface area contributed by atoms with Crippen LogP contribution in [0.25, 0.3) is 0 Å². The van der Waals surface area contributed by atoms with Crippen molar-refractivity contribution in [3.05, 3.63) is 5.01 Å². The van der Waals surface area contributed by atoms with Crippen molar-refractivity contribution < 1.29 is 4.79 Å². The van der Waals surface area contributed by atoms with Gasteiger partial charge < -0.3 is 10.6 Å². The van der Waals surface area contributed by atoms with E-state index in [0.717, 1.165) is 17.8 Å². The third kappa shape index (κ3) is 4.19. The Bertz CT molecular complexity index is 377. The molecule has 88 valence electrons. The fraction of sp³-hybridized carbons (Fsp3) is 0.556. The van der Waals surface area contributed by atoms with Gasteiger partial charge in [-0.15, -0.1) is 10.2 Å². The largest absolute Gasteiger partial charge is 0.307 e. The lowest BCUT2D eigenvalue weighted by molar-refractivity contribution is -0.119. The van der Waals surface area contributed by atoms with Gasteiger partial charge in [-0.25, -0.2) is 0 Å². The van der Waals surface area contributed by atoms with Gasteiger partial charge in [0.15, 0.2) is 5.11 Å². The molecule has 0 atom stereocenters. The predicted molar refractivity (Wildman–Crippen MR) is 68.6 cm³/mol. The Hall–Kier alpha value is -1.08. The van der Waals surface area contributed by atoms with Crippen LogP contribution in [0.4, 0.5) is 5.13 Å². The van der Waals surface area contributed by atoms with Crippen LogP contribution in [-0.4, -0.2) is 21.2 Å². The van der Waals surface area contributed by atoms with Gasteiger partial charge in [-0.05, 0) is 25.1 Å². The van der Waals surface area contributed by atoms with Crippen LogP contribution in [0.2, 0.25) is 0 Å². The maximum atomic E-state index is 11.2. The van der Waals surface area contributed by atoms with Gasteiger partial charge in [-0.2, -0.15) is 0 Å². The molecule has 0 spiro atoms. The summed E-state index contributed by atoms with van der Waals surface area (Å²) in [4.78, 5) is 11.2. The van der Waals surface area contributed by atoms with Crippen molar-refractivity contribution in [1.29, 1.82) is 0 Å². The van der Waals surface area contributed by atoms with E-state index in [-0.39, 0.29) is 11.0 Å². The van der Waals surface area contributed by atoms with E-state index >= 15 is 0 Å². The second kappa shape index (κ2) is 6.49. The summed E-state index contributed by atoms with van der Waals surface area (Å²) in [5.41, 5.74) is 0. The second-order valence-electron chi connectivity index (χ2n) is 3.11. The molecule has 1 aromatic rings. The Kier molecular flexibility index (Phi) is 5.27. The topological polar surface area (TPSA) is 66.9 Å². The van der Waals surface area contributed by atoms with Crippen LogP contribution >= 0.6 is 23.6 Å². The van der Waals surface area contributed by atoms with Crippen molar-refractivity contribution in [2.24, 2.45) is 0 Å². The molecule has 0 unspecified atom stereocenters.